The molecule has 0 aliphatic carbocycles. The summed E-state index contributed by atoms with van der Waals surface area (Å²) in [7, 11) is -2.15. The molecule has 0 radical (unpaired) electrons. The van der Waals surface area contributed by atoms with Crippen LogP contribution in [0.4, 0.5) is 5.69 Å². The average molecular weight is 580 g/mol. The third-order valence-electron chi connectivity index (χ3n) is 6.38. The summed E-state index contributed by atoms with van der Waals surface area (Å²) in [5.41, 5.74) is 4.31. The Morgan fingerprint density at radius 3 is 2.52 bits per heavy atom. The average Bonchev–Trinajstić information content (AvgIpc) is 3.25. The molecule has 5 rings (SSSR count). The molecule has 2 N–H and O–H groups in total. The number of hydrogen-bond donors (Lipinski definition) is 2. The number of benzene rings is 1. The number of anilines is 1. The van der Waals surface area contributed by atoms with Crippen LogP contribution in [0.5, 0.6) is 0 Å². The fourth-order valence-corrected chi connectivity index (χ4v) is 5.23. The van der Waals surface area contributed by atoms with E-state index in [1.165, 1.54) is 10.6 Å². The predicted octanol–water partition coefficient (Wildman–Crippen LogP) is 3.78. The quantitative estimate of drug-likeness (QED) is 0.290. The van der Waals surface area contributed by atoms with Crippen molar-refractivity contribution in [3.8, 4) is 11.4 Å². The highest BCUT2D eigenvalue weighted by atomic mass is 35.5. The molecule has 13 heteroatoms. The van der Waals surface area contributed by atoms with Crippen molar-refractivity contribution >= 4 is 49.8 Å². The highest BCUT2D eigenvalue weighted by Crippen LogP contribution is 2.29. The minimum atomic E-state index is -3.83. The van der Waals surface area contributed by atoms with E-state index in [0.29, 0.717) is 22.3 Å². The zero-order valence-corrected chi connectivity index (χ0v) is 23.9. The number of amides is 1. The zero-order valence-electron chi connectivity index (χ0n) is 22.4. The summed E-state index contributed by atoms with van der Waals surface area (Å²) in [5, 5.41) is 3.69. The number of fused-ring (bicyclic) bond motifs is 2. The van der Waals surface area contributed by atoms with Crippen molar-refractivity contribution in [2.75, 3.05) is 11.6 Å². The molecule has 0 spiro atoms. The molecule has 0 saturated heterocycles. The number of imidazole rings is 1. The number of aryl methyl sites for hydroxylation is 2. The Morgan fingerprint density at radius 2 is 1.80 bits per heavy atom. The molecular formula is C27H26ClN7O4S. The van der Waals surface area contributed by atoms with E-state index in [1.54, 1.807) is 19.2 Å². The third-order valence-corrected chi connectivity index (χ3v) is 7.14. The molecule has 40 heavy (non-hydrogen) atoms. The van der Waals surface area contributed by atoms with Gasteiger partial charge < -0.3 is 9.72 Å². The van der Waals surface area contributed by atoms with Crippen molar-refractivity contribution in [2.24, 2.45) is 7.05 Å². The number of halogens is 1. The lowest BCUT2D eigenvalue weighted by molar-refractivity contribution is 0.0977. The van der Waals surface area contributed by atoms with E-state index >= 15 is 0 Å². The van der Waals surface area contributed by atoms with Crippen molar-refractivity contribution in [3.63, 3.8) is 0 Å². The Bertz CT molecular complexity index is 2000. The number of nitrogens with one attached hydrogen (secondary N) is 2. The maximum absolute atomic E-state index is 13.5. The van der Waals surface area contributed by atoms with Gasteiger partial charge in [-0.15, -0.1) is 0 Å². The summed E-state index contributed by atoms with van der Waals surface area (Å²) in [6.45, 7) is 5.64. The van der Waals surface area contributed by atoms with Gasteiger partial charge in [0.25, 0.3) is 11.5 Å². The Labute approximate surface area is 234 Å². The van der Waals surface area contributed by atoms with Gasteiger partial charge in [0, 0.05) is 30.6 Å². The second-order valence-corrected chi connectivity index (χ2v) is 11.9. The van der Waals surface area contributed by atoms with E-state index in [2.05, 4.69) is 15.3 Å². The lowest BCUT2D eigenvalue weighted by Gasteiger charge is -2.20. The molecule has 1 atom stereocenters. The van der Waals surface area contributed by atoms with Crippen molar-refractivity contribution in [1.82, 2.24) is 28.6 Å². The largest absolute Gasteiger partial charge is 0.377 e. The maximum Gasteiger partial charge on any atom is 0.285 e. The van der Waals surface area contributed by atoms with E-state index in [9.17, 15) is 18.0 Å². The molecule has 1 aromatic carbocycles. The van der Waals surface area contributed by atoms with Gasteiger partial charge in [-0.3, -0.25) is 14.2 Å². The minimum Gasteiger partial charge on any atom is -0.377 e. The first-order valence-corrected chi connectivity index (χ1v) is 14.5. The van der Waals surface area contributed by atoms with Crippen LogP contribution in [0.15, 0.2) is 53.6 Å². The van der Waals surface area contributed by atoms with E-state index in [1.807, 2.05) is 60.5 Å². The molecule has 0 bridgehead atoms. The summed E-state index contributed by atoms with van der Waals surface area (Å²) in [4.78, 5) is 39.7. The Balaban J connectivity index is 1.62. The summed E-state index contributed by atoms with van der Waals surface area (Å²) in [6.07, 6.45) is 4.65. The highest BCUT2D eigenvalue weighted by Gasteiger charge is 2.22. The van der Waals surface area contributed by atoms with Crippen LogP contribution in [0.2, 0.25) is 5.15 Å². The summed E-state index contributed by atoms with van der Waals surface area (Å²) in [5.74, 6) is -0.447. The molecule has 11 nitrogen and oxygen atoms in total. The molecule has 0 unspecified atom stereocenters. The van der Waals surface area contributed by atoms with Crippen LogP contribution in [0.1, 0.15) is 40.3 Å². The van der Waals surface area contributed by atoms with Gasteiger partial charge in [0.15, 0.2) is 5.69 Å². The van der Waals surface area contributed by atoms with Crippen molar-refractivity contribution < 1.29 is 13.2 Å². The lowest BCUT2D eigenvalue weighted by atomic mass is 10.0. The topological polar surface area (TPSA) is 140 Å². The van der Waals surface area contributed by atoms with Crippen molar-refractivity contribution in [1.29, 1.82) is 0 Å². The normalized spacial score (nSPS) is 12.6. The molecule has 0 saturated carbocycles. The van der Waals surface area contributed by atoms with Crippen LogP contribution in [0, 0.1) is 13.8 Å². The second kappa shape index (κ2) is 10.0. The number of aromatic nitrogens is 5. The monoisotopic (exact) mass is 579 g/mol. The zero-order chi connectivity index (χ0) is 28.9. The van der Waals surface area contributed by atoms with Crippen LogP contribution in [-0.2, 0) is 17.1 Å². The van der Waals surface area contributed by atoms with E-state index in [0.717, 1.165) is 28.7 Å². The first-order valence-electron chi connectivity index (χ1n) is 12.2. The molecule has 0 aliphatic rings. The molecule has 1 amide bonds. The molecule has 0 fully saturated rings. The van der Waals surface area contributed by atoms with Gasteiger partial charge in [0.2, 0.25) is 10.0 Å². The van der Waals surface area contributed by atoms with E-state index < -0.39 is 22.0 Å². The van der Waals surface area contributed by atoms with Gasteiger partial charge >= 0.3 is 0 Å². The first kappa shape index (κ1) is 27.3. The Morgan fingerprint density at radius 1 is 1.05 bits per heavy atom. The number of carbonyl (C=O) groups is 1. The minimum absolute atomic E-state index is 0.0257. The maximum atomic E-state index is 13.5. The number of rotatable bonds is 6. The fraction of sp³-hybridized carbons (Fsp3) is 0.222. The fourth-order valence-electron chi connectivity index (χ4n) is 4.64. The molecule has 0 aliphatic heterocycles. The Hall–Kier alpha value is -4.29. The van der Waals surface area contributed by atoms with Gasteiger partial charge in [-0.25, -0.2) is 28.1 Å². The summed E-state index contributed by atoms with van der Waals surface area (Å²) < 4.78 is 28.6. The predicted molar refractivity (Wildman–Crippen MR) is 154 cm³/mol. The Kier molecular flexibility index (Phi) is 6.84. The number of hydrogen-bond acceptors (Lipinski definition) is 8. The standard InChI is InChI=1S/C27H26ClN7O4S/c1-14-10-18(16(3)30-20-7-8-21(28)31-24(20)26(36)33-40(5,38)39)23-19(11-14)27(37)34(4)25(32-23)17-6-9-22-29-15(2)12-35(22)13-17/h6-13,16,30H,1-5H3,(H,33,36)/t16-/m1/s1. The van der Waals surface area contributed by atoms with Crippen LogP contribution >= 0.6 is 11.6 Å². The number of pyridine rings is 2. The molecule has 206 valence electrons. The van der Waals surface area contributed by atoms with Crippen LogP contribution in [-0.4, -0.2) is 44.5 Å². The molecule has 4 heterocycles. The SMILES string of the molecule is Cc1cc([C@@H](C)Nc2ccc(Cl)nc2C(=O)NS(C)(=O)=O)c2nc(-c3ccc4nc(C)cn4c3)n(C)c(=O)c2c1. The number of sulfonamides is 1. The lowest BCUT2D eigenvalue weighted by Crippen LogP contribution is -2.31. The number of carbonyl (C=O) groups excluding carboxylic acids is 1. The third kappa shape index (κ3) is 5.27. The van der Waals surface area contributed by atoms with Gasteiger partial charge in [0.1, 0.15) is 16.6 Å². The summed E-state index contributed by atoms with van der Waals surface area (Å²) >= 11 is 6.01. The van der Waals surface area contributed by atoms with Crippen molar-refractivity contribution in [2.45, 2.75) is 26.8 Å². The van der Waals surface area contributed by atoms with Gasteiger partial charge in [-0.2, -0.15) is 0 Å². The number of nitrogens with zero attached hydrogens (tertiary/aromatic N) is 5. The van der Waals surface area contributed by atoms with E-state index in [4.69, 9.17) is 16.6 Å². The first-order chi connectivity index (χ1) is 18.8. The molecular weight excluding hydrogens is 554 g/mol. The molecule has 4 aromatic heterocycles. The highest BCUT2D eigenvalue weighted by molar-refractivity contribution is 7.89. The smallest absolute Gasteiger partial charge is 0.285 e. The van der Waals surface area contributed by atoms with Crippen LogP contribution in [0.3, 0.4) is 0 Å². The second-order valence-electron chi connectivity index (χ2n) is 9.71. The van der Waals surface area contributed by atoms with Crippen molar-refractivity contribution in [3.05, 3.63) is 86.8 Å². The van der Waals surface area contributed by atoms with E-state index in [-0.39, 0.29) is 22.1 Å². The molecule has 5 aromatic rings. The van der Waals surface area contributed by atoms with Gasteiger partial charge in [0.05, 0.1) is 34.6 Å². The summed E-state index contributed by atoms with van der Waals surface area (Å²) in [6, 6.07) is 10.0. The van der Waals surface area contributed by atoms with Gasteiger partial charge in [-0.1, -0.05) is 17.7 Å². The van der Waals surface area contributed by atoms with Crippen LogP contribution in [0.25, 0.3) is 27.9 Å². The van der Waals surface area contributed by atoms with Gasteiger partial charge in [-0.05, 0) is 56.7 Å². The van der Waals surface area contributed by atoms with Crippen LogP contribution < -0.4 is 15.6 Å².